The van der Waals surface area contributed by atoms with Gasteiger partial charge in [0.2, 0.25) is 5.91 Å². The number of nitrogens with zero attached hydrogens (tertiary/aromatic N) is 1. The average Bonchev–Trinajstić information content (AvgIpc) is 2.75. The lowest BCUT2D eigenvalue weighted by atomic mass is 9.96. The van der Waals surface area contributed by atoms with Gasteiger partial charge in [-0.25, -0.2) is 0 Å². The van der Waals surface area contributed by atoms with E-state index in [2.05, 4.69) is 10.2 Å². The van der Waals surface area contributed by atoms with Crippen molar-refractivity contribution in [2.24, 2.45) is 11.7 Å². The molecular weight excluding hydrogens is 418 g/mol. The SMILES string of the molecule is CCOc1c(Cl)cc(C(=O)Nc2cccc(CN3CCC(C(N)=O)CC3)c2)cc1OC. The molecule has 0 radical (unpaired) electrons. The number of carbonyl (C=O) groups excluding carboxylic acids is 2. The zero-order valence-electron chi connectivity index (χ0n) is 17.8. The number of benzene rings is 2. The number of carbonyl (C=O) groups is 2. The van der Waals surface area contributed by atoms with E-state index in [1.165, 1.54) is 7.11 Å². The van der Waals surface area contributed by atoms with Gasteiger partial charge in [0.1, 0.15) is 0 Å². The molecule has 0 aromatic heterocycles. The molecule has 0 bridgehead atoms. The highest BCUT2D eigenvalue weighted by Gasteiger charge is 2.23. The largest absolute Gasteiger partial charge is 0.493 e. The second-order valence-electron chi connectivity index (χ2n) is 7.53. The summed E-state index contributed by atoms with van der Waals surface area (Å²) < 4.78 is 10.8. The molecule has 3 N–H and O–H groups in total. The molecule has 0 spiro atoms. The Morgan fingerprint density at radius 2 is 1.97 bits per heavy atom. The second-order valence-corrected chi connectivity index (χ2v) is 7.94. The number of anilines is 1. The number of likely N-dealkylation sites (tertiary alicyclic amines) is 1. The van der Waals surface area contributed by atoms with E-state index >= 15 is 0 Å². The highest BCUT2D eigenvalue weighted by Crippen LogP contribution is 2.36. The lowest BCUT2D eigenvalue weighted by Crippen LogP contribution is -2.38. The number of nitrogens with two attached hydrogens (primary N) is 1. The van der Waals surface area contributed by atoms with Crippen LogP contribution in [0, 0.1) is 5.92 Å². The van der Waals surface area contributed by atoms with Crippen LogP contribution in [-0.2, 0) is 11.3 Å². The number of primary amides is 1. The van der Waals surface area contributed by atoms with Gasteiger partial charge in [0.25, 0.3) is 5.91 Å². The van der Waals surface area contributed by atoms with Gasteiger partial charge in [-0.15, -0.1) is 0 Å². The standard InChI is InChI=1S/C23H28ClN3O4/c1-3-31-21-19(24)12-17(13-20(21)30-2)23(29)26-18-6-4-5-15(11-18)14-27-9-7-16(8-10-27)22(25)28/h4-6,11-13,16H,3,7-10,14H2,1-2H3,(H2,25,28)(H,26,29). The average molecular weight is 446 g/mol. The first kappa shape index (κ1) is 22.9. The van der Waals surface area contributed by atoms with Gasteiger partial charge in [0, 0.05) is 23.7 Å². The molecule has 1 saturated heterocycles. The number of piperidine rings is 1. The maximum Gasteiger partial charge on any atom is 0.255 e. The topological polar surface area (TPSA) is 93.9 Å². The fourth-order valence-electron chi connectivity index (χ4n) is 3.72. The molecule has 0 aliphatic carbocycles. The lowest BCUT2D eigenvalue weighted by Gasteiger charge is -2.30. The summed E-state index contributed by atoms with van der Waals surface area (Å²) in [5.41, 5.74) is 7.56. The molecule has 1 aliphatic heterocycles. The Kier molecular flexibility index (Phi) is 7.76. The van der Waals surface area contributed by atoms with Gasteiger partial charge in [-0.1, -0.05) is 23.7 Å². The zero-order chi connectivity index (χ0) is 22.4. The van der Waals surface area contributed by atoms with Gasteiger partial charge < -0.3 is 20.5 Å². The van der Waals surface area contributed by atoms with Gasteiger partial charge in [0.05, 0.1) is 18.7 Å². The Balaban J connectivity index is 1.66. The summed E-state index contributed by atoms with van der Waals surface area (Å²) in [5.74, 6) is 0.302. The molecule has 3 rings (SSSR count). The van der Waals surface area contributed by atoms with Crippen molar-refractivity contribution in [1.82, 2.24) is 4.90 Å². The monoisotopic (exact) mass is 445 g/mol. The number of hydrogen-bond acceptors (Lipinski definition) is 5. The highest BCUT2D eigenvalue weighted by molar-refractivity contribution is 6.32. The molecule has 2 aromatic carbocycles. The van der Waals surface area contributed by atoms with Crippen LogP contribution in [0.1, 0.15) is 35.7 Å². The highest BCUT2D eigenvalue weighted by atomic mass is 35.5. The number of nitrogens with one attached hydrogen (secondary N) is 1. The molecule has 1 fully saturated rings. The summed E-state index contributed by atoms with van der Waals surface area (Å²) >= 11 is 6.28. The maximum absolute atomic E-state index is 12.8. The molecule has 166 valence electrons. The summed E-state index contributed by atoms with van der Waals surface area (Å²) in [4.78, 5) is 26.4. The lowest BCUT2D eigenvalue weighted by molar-refractivity contribution is -0.123. The Morgan fingerprint density at radius 1 is 1.23 bits per heavy atom. The van der Waals surface area contributed by atoms with Crippen molar-refractivity contribution in [2.75, 3.05) is 32.1 Å². The third-order valence-corrected chi connectivity index (χ3v) is 5.64. The second kappa shape index (κ2) is 10.5. The third-order valence-electron chi connectivity index (χ3n) is 5.36. The predicted molar refractivity (Wildman–Crippen MR) is 121 cm³/mol. The normalized spacial score (nSPS) is 14.8. The fourth-order valence-corrected chi connectivity index (χ4v) is 3.99. The van der Waals surface area contributed by atoms with E-state index in [9.17, 15) is 9.59 Å². The Labute approximate surface area is 187 Å². The van der Waals surface area contributed by atoms with Gasteiger partial charge in [0.15, 0.2) is 11.5 Å². The quantitative estimate of drug-likeness (QED) is 0.646. The van der Waals surface area contributed by atoms with Crippen LogP contribution in [0.5, 0.6) is 11.5 Å². The number of methoxy groups -OCH3 is 1. The van der Waals surface area contributed by atoms with Crippen LogP contribution in [0.2, 0.25) is 5.02 Å². The van der Waals surface area contributed by atoms with E-state index in [1.807, 2.05) is 31.2 Å². The summed E-state index contributed by atoms with van der Waals surface area (Å²) in [6, 6.07) is 10.9. The first-order chi connectivity index (χ1) is 14.9. The maximum atomic E-state index is 12.8. The van der Waals surface area contributed by atoms with Crippen molar-refractivity contribution < 1.29 is 19.1 Å². The van der Waals surface area contributed by atoms with Crippen LogP contribution in [0.3, 0.4) is 0 Å². The smallest absolute Gasteiger partial charge is 0.255 e. The molecule has 31 heavy (non-hydrogen) atoms. The molecule has 0 atom stereocenters. The van der Waals surface area contributed by atoms with Crippen molar-refractivity contribution >= 4 is 29.1 Å². The molecule has 0 saturated carbocycles. The summed E-state index contributed by atoms with van der Waals surface area (Å²) in [6.45, 7) is 4.69. The molecule has 2 amide bonds. The van der Waals surface area contributed by atoms with Crippen molar-refractivity contribution in [3.8, 4) is 11.5 Å². The van der Waals surface area contributed by atoms with Crippen molar-refractivity contribution in [2.45, 2.75) is 26.3 Å². The van der Waals surface area contributed by atoms with Crippen LogP contribution in [0.15, 0.2) is 36.4 Å². The van der Waals surface area contributed by atoms with Crippen LogP contribution in [-0.4, -0.2) is 43.5 Å². The summed E-state index contributed by atoms with van der Waals surface area (Å²) in [5, 5.41) is 3.23. The number of hydrogen-bond donors (Lipinski definition) is 2. The van der Waals surface area contributed by atoms with E-state index in [4.69, 9.17) is 26.8 Å². The molecular formula is C23H28ClN3O4. The number of ether oxygens (including phenoxy) is 2. The summed E-state index contributed by atoms with van der Waals surface area (Å²) in [6.07, 6.45) is 1.57. The predicted octanol–water partition coefficient (Wildman–Crippen LogP) is 3.70. The number of halogens is 1. The van der Waals surface area contributed by atoms with E-state index in [-0.39, 0.29) is 17.7 Å². The van der Waals surface area contributed by atoms with Crippen molar-refractivity contribution in [3.05, 3.63) is 52.5 Å². The minimum atomic E-state index is -0.289. The first-order valence-corrected chi connectivity index (χ1v) is 10.7. The Bertz CT molecular complexity index is 942. The van der Waals surface area contributed by atoms with Gasteiger partial charge >= 0.3 is 0 Å². The molecule has 8 heteroatoms. The molecule has 2 aromatic rings. The van der Waals surface area contributed by atoms with E-state index < -0.39 is 0 Å². The van der Waals surface area contributed by atoms with Gasteiger partial charge in [-0.05, 0) is 62.7 Å². The third kappa shape index (κ3) is 5.89. The van der Waals surface area contributed by atoms with Crippen LogP contribution in [0.25, 0.3) is 0 Å². The van der Waals surface area contributed by atoms with Crippen LogP contribution >= 0.6 is 11.6 Å². The van der Waals surface area contributed by atoms with Crippen LogP contribution < -0.4 is 20.5 Å². The number of rotatable bonds is 8. The molecule has 1 aliphatic rings. The van der Waals surface area contributed by atoms with Crippen molar-refractivity contribution in [3.63, 3.8) is 0 Å². The molecule has 1 heterocycles. The minimum absolute atomic E-state index is 0.0280. The first-order valence-electron chi connectivity index (χ1n) is 10.3. The minimum Gasteiger partial charge on any atom is -0.493 e. The fraction of sp³-hybridized carbons (Fsp3) is 0.391. The van der Waals surface area contributed by atoms with E-state index in [0.717, 1.165) is 38.0 Å². The van der Waals surface area contributed by atoms with E-state index in [0.29, 0.717) is 34.4 Å². The Morgan fingerprint density at radius 3 is 2.61 bits per heavy atom. The zero-order valence-corrected chi connectivity index (χ0v) is 18.6. The number of amides is 2. The van der Waals surface area contributed by atoms with Crippen LogP contribution in [0.4, 0.5) is 5.69 Å². The van der Waals surface area contributed by atoms with Gasteiger partial charge in [-0.2, -0.15) is 0 Å². The molecule has 7 nitrogen and oxygen atoms in total. The molecule has 0 unspecified atom stereocenters. The van der Waals surface area contributed by atoms with E-state index in [1.54, 1.807) is 12.1 Å². The Hall–Kier alpha value is -2.77. The van der Waals surface area contributed by atoms with Crippen molar-refractivity contribution in [1.29, 1.82) is 0 Å². The summed E-state index contributed by atoms with van der Waals surface area (Å²) in [7, 11) is 1.51. The van der Waals surface area contributed by atoms with Gasteiger partial charge in [-0.3, -0.25) is 14.5 Å².